The van der Waals surface area contributed by atoms with Crippen molar-refractivity contribution in [2.75, 3.05) is 25.1 Å². The van der Waals surface area contributed by atoms with Gasteiger partial charge in [0, 0.05) is 37.3 Å². The quantitative estimate of drug-likeness (QED) is 0.681. The van der Waals surface area contributed by atoms with Gasteiger partial charge in [-0.05, 0) is 44.7 Å². The Kier molecular flexibility index (Phi) is 5.80. The van der Waals surface area contributed by atoms with Crippen LogP contribution in [0.5, 0.6) is 0 Å². The van der Waals surface area contributed by atoms with Gasteiger partial charge in [0.1, 0.15) is 5.82 Å². The molecule has 8 heteroatoms. The van der Waals surface area contributed by atoms with Crippen molar-refractivity contribution in [2.24, 2.45) is 5.73 Å². The van der Waals surface area contributed by atoms with Gasteiger partial charge in [-0.15, -0.1) is 0 Å². The van der Waals surface area contributed by atoms with Crippen molar-refractivity contribution < 1.29 is 18.7 Å². The van der Waals surface area contributed by atoms with E-state index in [4.69, 9.17) is 10.5 Å². The van der Waals surface area contributed by atoms with Crippen LogP contribution in [-0.4, -0.2) is 49.1 Å². The number of benzene rings is 1. The number of piperidine rings is 1. The van der Waals surface area contributed by atoms with Crippen molar-refractivity contribution >= 4 is 28.4 Å². The number of ether oxygens (including phenoxy) is 1. The number of aryl methyl sites for hydroxylation is 2. The molecule has 0 spiro atoms. The number of nitrogens with zero attached hydrogens (tertiary/aromatic N) is 1. The van der Waals surface area contributed by atoms with Gasteiger partial charge >= 0.3 is 0 Å². The summed E-state index contributed by atoms with van der Waals surface area (Å²) in [7, 11) is 1.59. The third-order valence-corrected chi connectivity index (χ3v) is 5.40. The summed E-state index contributed by atoms with van der Waals surface area (Å²) in [6.45, 7) is 6.17. The van der Waals surface area contributed by atoms with Crippen LogP contribution in [0.1, 0.15) is 35.0 Å². The molecule has 1 aromatic carbocycles. The highest BCUT2D eigenvalue weighted by molar-refractivity contribution is 6.10. The second kappa shape index (κ2) is 8.13. The predicted molar refractivity (Wildman–Crippen MR) is 109 cm³/mol. The standard InChI is InChI=1S/C21H25FN4O3/c1-5-6-17(27)25-13-7-14(29-4)10-26(9-13)20-16(22)8-15(21(23)28)19-18(20)11(2)12(3)24-19/h8,13-14,24H,7,9-10H2,1-4H3,(H2,23,28)(H,25,27)/t13-,14-/m0/s1. The number of fused-ring (bicyclic) bond motifs is 1. The fourth-order valence-electron chi connectivity index (χ4n) is 3.95. The molecule has 2 atom stereocenters. The van der Waals surface area contributed by atoms with E-state index in [1.54, 1.807) is 14.0 Å². The molecule has 29 heavy (non-hydrogen) atoms. The Bertz CT molecular complexity index is 1030. The first-order chi connectivity index (χ1) is 13.8. The summed E-state index contributed by atoms with van der Waals surface area (Å²) in [5.41, 5.74) is 8.14. The molecular formula is C21H25FN4O3. The molecule has 7 nitrogen and oxygen atoms in total. The van der Waals surface area contributed by atoms with E-state index in [9.17, 15) is 9.59 Å². The molecule has 0 saturated carbocycles. The number of hydrogen-bond donors (Lipinski definition) is 3. The number of H-pyrrole nitrogens is 1. The van der Waals surface area contributed by atoms with Crippen LogP contribution in [0.25, 0.3) is 10.9 Å². The van der Waals surface area contributed by atoms with Gasteiger partial charge in [-0.2, -0.15) is 0 Å². The second-order valence-electron chi connectivity index (χ2n) is 7.29. The summed E-state index contributed by atoms with van der Waals surface area (Å²) in [6, 6.07) is 0.912. The normalized spacial score (nSPS) is 19.0. The monoisotopic (exact) mass is 400 g/mol. The van der Waals surface area contributed by atoms with E-state index in [0.29, 0.717) is 36.1 Å². The number of nitrogens with one attached hydrogen (secondary N) is 2. The third-order valence-electron chi connectivity index (χ3n) is 5.40. The van der Waals surface area contributed by atoms with Crippen LogP contribution >= 0.6 is 0 Å². The van der Waals surface area contributed by atoms with E-state index >= 15 is 4.39 Å². The number of amides is 2. The summed E-state index contributed by atoms with van der Waals surface area (Å²) in [6.07, 6.45) is 0.397. The molecule has 1 aromatic heterocycles. The topological polar surface area (TPSA) is 100 Å². The second-order valence-corrected chi connectivity index (χ2v) is 7.29. The molecule has 1 fully saturated rings. The number of primary amides is 1. The van der Waals surface area contributed by atoms with Crippen molar-refractivity contribution in [2.45, 2.75) is 39.3 Å². The van der Waals surface area contributed by atoms with Gasteiger partial charge < -0.3 is 25.7 Å². The van der Waals surface area contributed by atoms with Crippen molar-refractivity contribution in [1.29, 1.82) is 0 Å². The number of aromatic amines is 1. The number of hydrogen-bond acceptors (Lipinski definition) is 4. The fraction of sp³-hybridized carbons (Fsp3) is 0.429. The molecule has 2 amide bonds. The number of carbonyl (C=O) groups is 2. The zero-order valence-corrected chi connectivity index (χ0v) is 17.0. The maximum atomic E-state index is 15.2. The van der Waals surface area contributed by atoms with E-state index < -0.39 is 11.7 Å². The molecule has 1 saturated heterocycles. The first-order valence-corrected chi connectivity index (χ1v) is 9.38. The smallest absolute Gasteiger partial charge is 0.296 e. The SMILES string of the molecule is CC#CC(=O)N[C@H]1C[C@H](OC)CN(c2c(F)cc(C(N)=O)c3[nH]c(C)c(C)c23)C1. The molecule has 0 unspecified atom stereocenters. The number of nitrogens with two attached hydrogens (primary N) is 1. The zero-order chi connectivity index (χ0) is 21.3. The minimum atomic E-state index is -0.696. The van der Waals surface area contributed by atoms with Gasteiger partial charge in [0.05, 0.1) is 22.9 Å². The predicted octanol–water partition coefficient (Wildman–Crippen LogP) is 1.76. The lowest BCUT2D eigenvalue weighted by molar-refractivity contribution is -0.116. The Morgan fingerprint density at radius 2 is 2.10 bits per heavy atom. The largest absolute Gasteiger partial charge is 0.380 e. The van der Waals surface area contributed by atoms with E-state index in [1.807, 2.05) is 18.7 Å². The summed E-state index contributed by atoms with van der Waals surface area (Å²) in [5, 5.41) is 3.48. The molecule has 0 bridgehead atoms. The minimum absolute atomic E-state index is 0.112. The van der Waals surface area contributed by atoms with E-state index in [-0.39, 0.29) is 23.6 Å². The molecule has 3 rings (SSSR count). The van der Waals surface area contributed by atoms with Crippen molar-refractivity contribution in [3.05, 3.63) is 28.7 Å². The molecule has 2 heterocycles. The average Bonchev–Trinajstić information content (AvgIpc) is 2.95. The summed E-state index contributed by atoms with van der Waals surface area (Å²) < 4.78 is 20.8. The highest BCUT2D eigenvalue weighted by Gasteiger charge is 2.32. The highest BCUT2D eigenvalue weighted by Crippen LogP contribution is 2.37. The van der Waals surface area contributed by atoms with Gasteiger partial charge in [-0.3, -0.25) is 9.59 Å². The lowest BCUT2D eigenvalue weighted by Crippen LogP contribution is -2.53. The van der Waals surface area contributed by atoms with Gasteiger partial charge in [-0.25, -0.2) is 4.39 Å². The molecule has 1 aliphatic heterocycles. The van der Waals surface area contributed by atoms with E-state index in [1.165, 1.54) is 6.07 Å². The van der Waals surface area contributed by atoms with Crippen LogP contribution in [0.2, 0.25) is 0 Å². The molecule has 1 aliphatic rings. The molecule has 4 N–H and O–H groups in total. The van der Waals surface area contributed by atoms with Crippen LogP contribution in [0.4, 0.5) is 10.1 Å². The third kappa shape index (κ3) is 3.91. The number of rotatable bonds is 4. The molecule has 2 aromatic rings. The Labute approximate surface area is 168 Å². The fourth-order valence-corrected chi connectivity index (χ4v) is 3.95. The molecule has 0 radical (unpaired) electrons. The Balaban J connectivity index is 2.09. The lowest BCUT2D eigenvalue weighted by atomic mass is 9.98. The zero-order valence-electron chi connectivity index (χ0n) is 17.0. The van der Waals surface area contributed by atoms with Crippen molar-refractivity contribution in [3.8, 4) is 11.8 Å². The van der Waals surface area contributed by atoms with Crippen LogP contribution in [0.3, 0.4) is 0 Å². The first kappa shape index (κ1) is 20.7. The maximum absolute atomic E-state index is 15.2. The highest BCUT2D eigenvalue weighted by atomic mass is 19.1. The van der Waals surface area contributed by atoms with Crippen LogP contribution in [0, 0.1) is 31.5 Å². The van der Waals surface area contributed by atoms with Gasteiger partial charge in [0.2, 0.25) is 0 Å². The molecule has 154 valence electrons. The molecule has 0 aliphatic carbocycles. The number of methoxy groups -OCH3 is 1. The van der Waals surface area contributed by atoms with Crippen molar-refractivity contribution in [3.63, 3.8) is 0 Å². The van der Waals surface area contributed by atoms with E-state index in [2.05, 4.69) is 22.1 Å². The van der Waals surface area contributed by atoms with Crippen LogP contribution in [-0.2, 0) is 9.53 Å². The van der Waals surface area contributed by atoms with Gasteiger partial charge in [0.15, 0.2) is 0 Å². The number of carbonyl (C=O) groups excluding carboxylic acids is 2. The Morgan fingerprint density at radius 1 is 1.38 bits per heavy atom. The van der Waals surface area contributed by atoms with Gasteiger partial charge in [-0.1, -0.05) is 5.92 Å². The van der Waals surface area contributed by atoms with Crippen LogP contribution < -0.4 is 16.0 Å². The lowest BCUT2D eigenvalue weighted by Gasteiger charge is -2.39. The number of aromatic nitrogens is 1. The maximum Gasteiger partial charge on any atom is 0.296 e. The average molecular weight is 400 g/mol. The Morgan fingerprint density at radius 3 is 2.72 bits per heavy atom. The summed E-state index contributed by atoms with van der Waals surface area (Å²) in [4.78, 5) is 28.8. The minimum Gasteiger partial charge on any atom is -0.380 e. The van der Waals surface area contributed by atoms with E-state index in [0.717, 1.165) is 11.3 Å². The van der Waals surface area contributed by atoms with Gasteiger partial charge in [0.25, 0.3) is 11.8 Å². The Hall–Kier alpha value is -3.05. The summed E-state index contributed by atoms with van der Waals surface area (Å²) in [5.74, 6) is 3.42. The van der Waals surface area contributed by atoms with Crippen molar-refractivity contribution in [1.82, 2.24) is 10.3 Å². The number of halogens is 1. The first-order valence-electron chi connectivity index (χ1n) is 9.38. The summed E-state index contributed by atoms with van der Waals surface area (Å²) >= 11 is 0. The molecular weight excluding hydrogens is 375 g/mol. The van der Waals surface area contributed by atoms with Crippen LogP contribution in [0.15, 0.2) is 6.07 Å². The number of anilines is 1.